The summed E-state index contributed by atoms with van der Waals surface area (Å²) in [6, 6.07) is 15.5. The lowest BCUT2D eigenvalue weighted by Gasteiger charge is -2.35. The minimum Gasteiger partial charge on any atom is -0.463 e. The molecule has 11 nitrogen and oxygen atoms in total. The van der Waals surface area contributed by atoms with Crippen LogP contribution in [0.25, 0.3) is 16.9 Å². The fraction of sp³-hybridized carbons (Fsp3) is 0.371. The van der Waals surface area contributed by atoms with Gasteiger partial charge in [-0.05, 0) is 59.6 Å². The number of pyridine rings is 1. The summed E-state index contributed by atoms with van der Waals surface area (Å²) in [7, 11) is 0. The molecule has 50 heavy (non-hydrogen) atoms. The molecule has 0 spiro atoms. The monoisotopic (exact) mass is 709 g/mol. The van der Waals surface area contributed by atoms with E-state index in [0.717, 1.165) is 0 Å². The number of hydrogen-bond donors (Lipinski definition) is 2. The summed E-state index contributed by atoms with van der Waals surface area (Å²) in [6.07, 6.45) is -2.74. The molecule has 2 aromatic carbocycles. The number of ether oxygens (including phenoxy) is 1. The van der Waals surface area contributed by atoms with E-state index < -0.39 is 53.5 Å². The van der Waals surface area contributed by atoms with Crippen molar-refractivity contribution in [2.45, 2.75) is 64.2 Å². The number of rotatable bonds is 10. The number of halogens is 4. The van der Waals surface area contributed by atoms with Crippen LogP contribution in [-0.2, 0) is 19.9 Å². The molecule has 2 aliphatic rings. The SMILES string of the molecule is CC(C)(C)C[C@]1(c2ccc(-c3cccc(=O)[nH]3)cc2)N=C(N)N([C@H](COC(=O)CC2(C(F)(F)F)CC2)c2ccc(Cl)c(-n3cncn3)c2)C1=O. The fourth-order valence-corrected chi connectivity index (χ4v) is 6.60. The highest BCUT2D eigenvalue weighted by Crippen LogP contribution is 2.60. The van der Waals surface area contributed by atoms with Crippen molar-refractivity contribution in [1.29, 1.82) is 0 Å². The third-order valence-electron chi connectivity index (χ3n) is 9.02. The number of esters is 1. The lowest BCUT2D eigenvalue weighted by Crippen LogP contribution is -2.47. The van der Waals surface area contributed by atoms with Gasteiger partial charge in [-0.1, -0.05) is 68.8 Å². The lowest BCUT2D eigenvalue weighted by atomic mass is 9.75. The molecule has 0 radical (unpaired) electrons. The largest absolute Gasteiger partial charge is 0.463 e. The first kappa shape index (κ1) is 34.9. The summed E-state index contributed by atoms with van der Waals surface area (Å²) in [6.45, 7) is 5.35. The van der Waals surface area contributed by atoms with Crippen LogP contribution in [-0.4, -0.2) is 55.3 Å². The second-order valence-electron chi connectivity index (χ2n) is 14.0. The van der Waals surface area contributed by atoms with Crippen molar-refractivity contribution in [3.63, 3.8) is 0 Å². The number of carbonyl (C=O) groups excluding carboxylic acids is 2. The molecule has 0 bridgehead atoms. The van der Waals surface area contributed by atoms with E-state index in [1.165, 1.54) is 28.3 Å². The zero-order valence-corrected chi connectivity index (χ0v) is 28.3. The van der Waals surface area contributed by atoms with E-state index in [0.29, 0.717) is 33.1 Å². The number of hydrogen-bond acceptors (Lipinski definition) is 8. The summed E-state index contributed by atoms with van der Waals surface area (Å²) < 4.78 is 47.9. The maximum Gasteiger partial charge on any atom is 0.395 e. The maximum absolute atomic E-state index is 14.9. The molecule has 1 saturated carbocycles. The van der Waals surface area contributed by atoms with Crippen LogP contribution in [0.4, 0.5) is 13.2 Å². The minimum atomic E-state index is -4.55. The molecule has 2 atom stereocenters. The van der Waals surface area contributed by atoms with Crippen LogP contribution in [0, 0.1) is 10.8 Å². The summed E-state index contributed by atoms with van der Waals surface area (Å²) >= 11 is 6.49. The molecule has 1 amide bonds. The zero-order chi connectivity index (χ0) is 36.1. The van der Waals surface area contributed by atoms with Crippen molar-refractivity contribution in [2.24, 2.45) is 21.6 Å². The molecular formula is C35H35ClF3N7O4. The van der Waals surface area contributed by atoms with E-state index in [9.17, 15) is 27.6 Å². The zero-order valence-electron chi connectivity index (χ0n) is 27.5. The molecule has 262 valence electrons. The van der Waals surface area contributed by atoms with Crippen LogP contribution in [0.1, 0.15) is 63.6 Å². The Balaban J connectivity index is 1.39. The average molecular weight is 710 g/mol. The average Bonchev–Trinajstić information content (AvgIpc) is 3.55. The number of H-pyrrole nitrogens is 1. The molecule has 1 aliphatic heterocycles. The molecule has 3 N–H and O–H groups in total. The van der Waals surface area contributed by atoms with Crippen molar-refractivity contribution in [3.05, 3.63) is 99.8 Å². The van der Waals surface area contributed by atoms with Gasteiger partial charge in [-0.2, -0.15) is 18.3 Å². The Morgan fingerprint density at radius 3 is 2.40 bits per heavy atom. The molecule has 6 rings (SSSR count). The highest BCUT2D eigenvalue weighted by molar-refractivity contribution is 6.32. The van der Waals surface area contributed by atoms with Crippen LogP contribution in [0.2, 0.25) is 5.02 Å². The molecule has 15 heteroatoms. The summed E-state index contributed by atoms with van der Waals surface area (Å²) in [5, 5.41) is 4.44. The summed E-state index contributed by atoms with van der Waals surface area (Å²) in [4.78, 5) is 52.5. The number of carbonyl (C=O) groups is 2. The van der Waals surface area contributed by atoms with E-state index in [1.54, 1.807) is 54.6 Å². The quantitative estimate of drug-likeness (QED) is 0.190. The number of nitrogens with one attached hydrogen (secondary N) is 1. The maximum atomic E-state index is 14.9. The molecule has 3 heterocycles. The number of nitrogens with zero attached hydrogens (tertiary/aromatic N) is 5. The van der Waals surface area contributed by atoms with Crippen LogP contribution in [0.15, 0.2) is 83.1 Å². The third kappa shape index (κ3) is 6.76. The molecule has 1 aliphatic carbocycles. The number of alkyl halides is 3. The number of nitrogens with two attached hydrogens (primary N) is 1. The van der Waals surface area contributed by atoms with Gasteiger partial charge in [-0.25, -0.2) is 14.7 Å². The van der Waals surface area contributed by atoms with Crippen LogP contribution < -0.4 is 11.3 Å². The third-order valence-corrected chi connectivity index (χ3v) is 9.34. The highest BCUT2D eigenvalue weighted by atomic mass is 35.5. The molecule has 4 aromatic rings. The van der Waals surface area contributed by atoms with Gasteiger partial charge in [0.15, 0.2) is 11.5 Å². The molecule has 0 unspecified atom stereocenters. The standard InChI is InChI=1S/C35H35ClF3N7O4/c1-32(2,3)18-34(23-10-7-21(8-11-23)25-5-4-6-28(47)43-25)30(49)46(31(40)44-34)27(17-50-29(48)16-33(13-14-33)35(37,38)39)22-9-12-24(36)26(15-22)45-20-41-19-42-45/h4-12,15,19-20,27H,13-14,16-18H2,1-3H3,(H2,40,44)(H,43,47)/t27-,34-/m1/s1. The van der Waals surface area contributed by atoms with Crippen molar-refractivity contribution < 1.29 is 27.5 Å². The van der Waals surface area contributed by atoms with E-state index in [2.05, 4.69) is 15.1 Å². The van der Waals surface area contributed by atoms with Gasteiger partial charge in [-0.15, -0.1) is 0 Å². The molecule has 0 saturated heterocycles. The Kier molecular flexibility index (Phi) is 8.87. The normalized spacial score (nSPS) is 19.3. The predicted molar refractivity (Wildman–Crippen MR) is 179 cm³/mol. The van der Waals surface area contributed by atoms with Crippen molar-refractivity contribution in [2.75, 3.05) is 6.61 Å². The summed E-state index contributed by atoms with van der Waals surface area (Å²) in [5.74, 6) is -1.73. The Morgan fingerprint density at radius 1 is 1.08 bits per heavy atom. The number of guanidine groups is 1. The van der Waals surface area contributed by atoms with Gasteiger partial charge in [0.25, 0.3) is 5.91 Å². The topological polar surface area (TPSA) is 149 Å². The van der Waals surface area contributed by atoms with E-state index >= 15 is 0 Å². The number of aromatic nitrogens is 4. The Hall–Kier alpha value is -4.98. The number of aliphatic imine (C=N–C) groups is 1. The second kappa shape index (κ2) is 12.7. The minimum absolute atomic E-state index is 0.161. The van der Waals surface area contributed by atoms with Gasteiger partial charge in [0.1, 0.15) is 19.3 Å². The van der Waals surface area contributed by atoms with Gasteiger partial charge in [0.2, 0.25) is 5.56 Å². The van der Waals surface area contributed by atoms with Crippen LogP contribution in [0.3, 0.4) is 0 Å². The van der Waals surface area contributed by atoms with E-state index in [1.807, 2.05) is 20.8 Å². The first-order valence-corrected chi connectivity index (χ1v) is 16.3. The number of benzene rings is 2. The van der Waals surface area contributed by atoms with Gasteiger partial charge < -0.3 is 15.5 Å². The van der Waals surface area contributed by atoms with Gasteiger partial charge in [0.05, 0.1) is 28.6 Å². The van der Waals surface area contributed by atoms with Gasteiger partial charge in [-0.3, -0.25) is 19.3 Å². The van der Waals surface area contributed by atoms with E-state index in [4.69, 9.17) is 27.1 Å². The lowest BCUT2D eigenvalue weighted by molar-refractivity contribution is -0.195. The van der Waals surface area contributed by atoms with Crippen molar-refractivity contribution >= 4 is 29.4 Å². The predicted octanol–water partition coefficient (Wildman–Crippen LogP) is 6.08. The van der Waals surface area contributed by atoms with Crippen LogP contribution in [0.5, 0.6) is 0 Å². The Bertz CT molecular complexity index is 2000. The molecule has 1 fully saturated rings. The second-order valence-corrected chi connectivity index (χ2v) is 14.4. The Morgan fingerprint density at radius 2 is 1.80 bits per heavy atom. The number of amides is 1. The van der Waals surface area contributed by atoms with Crippen molar-refractivity contribution in [3.8, 4) is 16.9 Å². The van der Waals surface area contributed by atoms with Crippen LogP contribution >= 0.6 is 11.6 Å². The smallest absolute Gasteiger partial charge is 0.395 e. The molecule has 2 aromatic heterocycles. The first-order chi connectivity index (χ1) is 23.5. The van der Waals surface area contributed by atoms with Crippen molar-refractivity contribution in [1.82, 2.24) is 24.6 Å². The Labute approximate surface area is 290 Å². The van der Waals surface area contributed by atoms with E-state index in [-0.39, 0.29) is 30.8 Å². The first-order valence-electron chi connectivity index (χ1n) is 15.9. The number of aromatic amines is 1. The summed E-state index contributed by atoms with van der Waals surface area (Å²) in [5.41, 5.74) is 4.88. The fourth-order valence-electron chi connectivity index (χ4n) is 6.39. The molecular weight excluding hydrogens is 675 g/mol. The van der Waals surface area contributed by atoms with Gasteiger partial charge in [0, 0.05) is 11.8 Å². The highest BCUT2D eigenvalue weighted by Gasteiger charge is 2.64. The van der Waals surface area contributed by atoms with Gasteiger partial charge >= 0.3 is 12.1 Å².